The second-order valence-corrected chi connectivity index (χ2v) is 5.51. The van der Waals surface area contributed by atoms with Crippen molar-refractivity contribution >= 4 is 11.9 Å². The van der Waals surface area contributed by atoms with E-state index in [1.165, 1.54) is 0 Å². The maximum Gasteiger partial charge on any atom is 0.303 e. The maximum atomic E-state index is 11.8. The Morgan fingerprint density at radius 3 is 2.45 bits per heavy atom. The Morgan fingerprint density at radius 2 is 1.90 bits per heavy atom. The Morgan fingerprint density at radius 1 is 1.30 bits per heavy atom. The molecule has 1 amide bonds. The highest BCUT2D eigenvalue weighted by Gasteiger charge is 2.23. The molecule has 0 aliphatic rings. The summed E-state index contributed by atoms with van der Waals surface area (Å²) in [6.07, 6.45) is 0.0452. The lowest BCUT2D eigenvalue weighted by atomic mass is 9.84. The van der Waals surface area contributed by atoms with Gasteiger partial charge in [0.15, 0.2) is 0 Å². The predicted octanol–water partition coefficient (Wildman–Crippen LogP) is 1.27. The lowest BCUT2D eigenvalue weighted by Crippen LogP contribution is -2.45. The van der Waals surface area contributed by atoms with Gasteiger partial charge in [0.05, 0.1) is 6.04 Å². The summed E-state index contributed by atoms with van der Waals surface area (Å²) in [7, 11) is 0. The van der Waals surface area contributed by atoms with Crippen LogP contribution in [0.1, 0.15) is 32.3 Å². The summed E-state index contributed by atoms with van der Waals surface area (Å²) in [6.45, 7) is 4.52. The van der Waals surface area contributed by atoms with Crippen LogP contribution >= 0.6 is 0 Å². The molecule has 0 saturated heterocycles. The number of amides is 1. The molecule has 1 aromatic carbocycles. The van der Waals surface area contributed by atoms with Gasteiger partial charge in [-0.15, -0.1) is 0 Å². The summed E-state index contributed by atoms with van der Waals surface area (Å²) in [6, 6.07) is 9.10. The van der Waals surface area contributed by atoms with Gasteiger partial charge >= 0.3 is 5.97 Å². The van der Waals surface area contributed by atoms with Gasteiger partial charge in [-0.25, -0.2) is 0 Å². The van der Waals surface area contributed by atoms with Crippen LogP contribution in [0.5, 0.6) is 0 Å². The molecule has 1 rings (SSSR count). The van der Waals surface area contributed by atoms with Crippen LogP contribution in [0.4, 0.5) is 0 Å². The summed E-state index contributed by atoms with van der Waals surface area (Å²) in [5.41, 5.74) is 6.58. The topological polar surface area (TPSA) is 92.4 Å². The zero-order valence-electron chi connectivity index (χ0n) is 11.9. The van der Waals surface area contributed by atoms with Gasteiger partial charge in [-0.05, 0) is 12.0 Å². The van der Waals surface area contributed by atoms with Crippen molar-refractivity contribution < 1.29 is 14.7 Å². The van der Waals surface area contributed by atoms with Crippen molar-refractivity contribution in [3.05, 3.63) is 35.9 Å². The number of aliphatic carboxylic acids is 1. The summed E-state index contributed by atoms with van der Waals surface area (Å²) >= 11 is 0. The Hall–Kier alpha value is -1.88. The normalized spacial score (nSPS) is 12.8. The van der Waals surface area contributed by atoms with Crippen LogP contribution in [-0.4, -0.2) is 29.6 Å². The molecule has 5 nitrogen and oxygen atoms in total. The lowest BCUT2D eigenvalue weighted by Gasteiger charge is -2.26. The van der Waals surface area contributed by atoms with Gasteiger partial charge in [-0.2, -0.15) is 0 Å². The van der Waals surface area contributed by atoms with E-state index in [1.54, 1.807) is 0 Å². The molecule has 0 bridgehead atoms. The zero-order valence-corrected chi connectivity index (χ0v) is 11.9. The van der Waals surface area contributed by atoms with E-state index < -0.39 is 12.0 Å². The van der Waals surface area contributed by atoms with Crippen LogP contribution in [0.3, 0.4) is 0 Å². The first-order chi connectivity index (χ1) is 9.33. The molecule has 0 spiro atoms. The molecule has 1 unspecified atom stereocenters. The number of hydrogen-bond donors (Lipinski definition) is 3. The van der Waals surface area contributed by atoms with Crippen LogP contribution in [0.15, 0.2) is 30.3 Å². The molecule has 0 saturated carbocycles. The number of nitrogens with one attached hydrogen (secondary N) is 1. The van der Waals surface area contributed by atoms with E-state index in [2.05, 4.69) is 5.32 Å². The monoisotopic (exact) mass is 278 g/mol. The molecule has 1 aromatic rings. The third kappa shape index (κ3) is 5.01. The molecule has 0 heterocycles. The zero-order chi connectivity index (χ0) is 15.2. The van der Waals surface area contributed by atoms with Crippen molar-refractivity contribution in [2.75, 3.05) is 6.54 Å². The molecule has 4 N–H and O–H groups in total. The fourth-order valence-corrected chi connectivity index (χ4v) is 1.84. The second kappa shape index (κ2) is 7.05. The molecule has 1 atom stereocenters. The third-order valence-corrected chi connectivity index (χ3v) is 3.27. The van der Waals surface area contributed by atoms with Crippen LogP contribution < -0.4 is 11.1 Å². The van der Waals surface area contributed by atoms with Crippen molar-refractivity contribution in [2.45, 2.75) is 38.1 Å². The average Bonchev–Trinajstić information content (AvgIpc) is 2.43. The first kappa shape index (κ1) is 16.2. The Labute approximate surface area is 119 Å². The first-order valence-corrected chi connectivity index (χ1v) is 6.63. The number of hydrogen-bond acceptors (Lipinski definition) is 3. The van der Waals surface area contributed by atoms with E-state index in [0.29, 0.717) is 6.54 Å². The number of carboxylic acids is 1. The first-order valence-electron chi connectivity index (χ1n) is 6.63. The van der Waals surface area contributed by atoms with E-state index in [0.717, 1.165) is 5.56 Å². The molecule has 110 valence electrons. The highest BCUT2D eigenvalue weighted by atomic mass is 16.4. The summed E-state index contributed by atoms with van der Waals surface area (Å²) in [5, 5.41) is 11.4. The number of carboxylic acid groups (broad SMARTS) is 1. The van der Waals surface area contributed by atoms with E-state index in [1.807, 2.05) is 44.2 Å². The predicted molar refractivity (Wildman–Crippen MR) is 77.3 cm³/mol. The van der Waals surface area contributed by atoms with E-state index >= 15 is 0 Å². The Kier molecular flexibility index (Phi) is 5.70. The van der Waals surface area contributed by atoms with Crippen LogP contribution in [-0.2, 0) is 15.0 Å². The van der Waals surface area contributed by atoms with Crippen LogP contribution in [0.2, 0.25) is 0 Å². The maximum absolute atomic E-state index is 11.8. The largest absolute Gasteiger partial charge is 0.481 e. The van der Waals surface area contributed by atoms with Crippen LogP contribution in [0.25, 0.3) is 0 Å². The standard InChI is InChI=1S/C15H22N2O3/c1-15(2,11-6-4-3-5-7-11)10-17-14(20)12(16)8-9-13(18)19/h3-7,12H,8-10,16H2,1-2H3,(H,17,20)(H,18,19). The van der Waals surface area contributed by atoms with Crippen molar-refractivity contribution in [2.24, 2.45) is 5.73 Å². The average molecular weight is 278 g/mol. The highest BCUT2D eigenvalue weighted by Crippen LogP contribution is 2.21. The molecular formula is C15H22N2O3. The lowest BCUT2D eigenvalue weighted by molar-refractivity contribution is -0.137. The molecule has 0 aliphatic heterocycles. The van der Waals surface area contributed by atoms with Gasteiger partial charge in [0.25, 0.3) is 0 Å². The van der Waals surface area contributed by atoms with E-state index in [4.69, 9.17) is 10.8 Å². The Bertz CT molecular complexity index is 457. The minimum atomic E-state index is -0.946. The number of benzene rings is 1. The molecular weight excluding hydrogens is 256 g/mol. The summed E-state index contributed by atoms with van der Waals surface area (Å²) in [4.78, 5) is 22.2. The molecule has 0 aromatic heterocycles. The minimum Gasteiger partial charge on any atom is -0.481 e. The van der Waals surface area contributed by atoms with Gasteiger partial charge in [-0.3, -0.25) is 9.59 Å². The van der Waals surface area contributed by atoms with Crippen molar-refractivity contribution in [3.63, 3.8) is 0 Å². The Balaban J connectivity index is 2.49. The van der Waals surface area contributed by atoms with Gasteiger partial charge < -0.3 is 16.2 Å². The molecule has 20 heavy (non-hydrogen) atoms. The van der Waals surface area contributed by atoms with E-state index in [-0.39, 0.29) is 24.2 Å². The fraction of sp³-hybridized carbons (Fsp3) is 0.467. The molecule has 0 fully saturated rings. The van der Waals surface area contributed by atoms with E-state index in [9.17, 15) is 9.59 Å². The number of carbonyl (C=O) groups excluding carboxylic acids is 1. The fourth-order valence-electron chi connectivity index (χ4n) is 1.84. The van der Waals surface area contributed by atoms with Gasteiger partial charge in [0.2, 0.25) is 5.91 Å². The van der Waals surface area contributed by atoms with Crippen molar-refractivity contribution in [1.29, 1.82) is 0 Å². The molecule has 0 aliphatic carbocycles. The van der Waals surface area contributed by atoms with Crippen molar-refractivity contribution in [1.82, 2.24) is 5.32 Å². The second-order valence-electron chi connectivity index (χ2n) is 5.51. The third-order valence-electron chi connectivity index (χ3n) is 3.27. The van der Waals surface area contributed by atoms with Gasteiger partial charge in [0, 0.05) is 18.4 Å². The minimum absolute atomic E-state index is 0.101. The van der Waals surface area contributed by atoms with Gasteiger partial charge in [0.1, 0.15) is 0 Å². The SMILES string of the molecule is CC(C)(CNC(=O)C(N)CCC(=O)O)c1ccccc1. The molecule has 0 radical (unpaired) electrons. The quantitative estimate of drug-likeness (QED) is 0.700. The van der Waals surface area contributed by atoms with Gasteiger partial charge in [-0.1, -0.05) is 44.2 Å². The number of carbonyl (C=O) groups is 2. The smallest absolute Gasteiger partial charge is 0.303 e. The number of nitrogens with two attached hydrogens (primary N) is 1. The molecule has 5 heteroatoms. The van der Waals surface area contributed by atoms with Crippen LogP contribution in [0, 0.1) is 0 Å². The van der Waals surface area contributed by atoms with Crippen molar-refractivity contribution in [3.8, 4) is 0 Å². The summed E-state index contributed by atoms with van der Waals surface area (Å²) in [5.74, 6) is -1.26. The number of rotatable bonds is 7. The summed E-state index contributed by atoms with van der Waals surface area (Å²) < 4.78 is 0. The highest BCUT2D eigenvalue weighted by molar-refractivity contribution is 5.82.